The second-order valence-corrected chi connectivity index (χ2v) is 8.01. The average molecular weight is 340 g/mol. The fraction of sp³-hybridized carbons (Fsp3) is 0.600. The van der Waals surface area contributed by atoms with Crippen molar-refractivity contribution in [2.45, 2.75) is 17.1 Å². The maximum Gasteiger partial charge on any atom is 0.253 e. The van der Waals surface area contributed by atoms with Gasteiger partial charge in [-0.15, -0.1) is 11.3 Å². The van der Waals surface area contributed by atoms with Gasteiger partial charge in [-0.3, -0.25) is 0 Å². The van der Waals surface area contributed by atoms with Gasteiger partial charge in [-0.2, -0.15) is 4.31 Å². The molecule has 2 heterocycles. The Bertz CT molecular complexity index is 485. The highest BCUT2D eigenvalue weighted by Gasteiger charge is 2.31. The van der Waals surface area contributed by atoms with Gasteiger partial charge in [-0.1, -0.05) is 0 Å². The topological polar surface area (TPSA) is 57.6 Å². The van der Waals surface area contributed by atoms with E-state index in [4.69, 9.17) is 5.11 Å². The summed E-state index contributed by atoms with van der Waals surface area (Å²) in [5.74, 6) is 0.0669. The fourth-order valence-electron chi connectivity index (χ4n) is 1.98. The third-order valence-corrected chi connectivity index (χ3v) is 7.41. The number of hydrogen-bond acceptors (Lipinski definition) is 4. The van der Waals surface area contributed by atoms with Crippen LogP contribution in [-0.2, 0) is 10.0 Å². The van der Waals surface area contributed by atoms with Gasteiger partial charge in [-0.25, -0.2) is 8.42 Å². The highest BCUT2D eigenvalue weighted by molar-refractivity contribution is 9.10. The van der Waals surface area contributed by atoms with Crippen LogP contribution in [0.1, 0.15) is 12.8 Å². The molecule has 0 aromatic carbocycles. The molecule has 0 saturated carbocycles. The summed E-state index contributed by atoms with van der Waals surface area (Å²) in [7, 11) is -3.40. The molecule has 1 aliphatic heterocycles. The van der Waals surface area contributed by atoms with Crippen molar-refractivity contribution in [1.82, 2.24) is 4.31 Å². The summed E-state index contributed by atoms with van der Waals surface area (Å²) in [6.45, 7) is 1.02. The van der Waals surface area contributed by atoms with Gasteiger partial charge in [0.2, 0.25) is 0 Å². The molecule has 1 aromatic rings. The molecule has 17 heavy (non-hydrogen) atoms. The van der Waals surface area contributed by atoms with Crippen LogP contribution in [0.3, 0.4) is 0 Å². The van der Waals surface area contributed by atoms with E-state index in [0.29, 0.717) is 21.8 Å². The van der Waals surface area contributed by atoms with Crippen LogP contribution in [0.2, 0.25) is 0 Å². The SMILES string of the molecule is O=S(=O)(c1sccc1Br)N1CCCC(CO)C1. The fourth-order valence-corrected chi connectivity index (χ4v) is 5.98. The zero-order valence-corrected chi connectivity index (χ0v) is 12.4. The zero-order valence-electron chi connectivity index (χ0n) is 9.17. The van der Waals surface area contributed by atoms with Crippen molar-refractivity contribution in [3.05, 3.63) is 15.9 Å². The van der Waals surface area contributed by atoms with Gasteiger partial charge in [0.15, 0.2) is 0 Å². The Labute approximate surface area is 113 Å². The smallest absolute Gasteiger partial charge is 0.253 e. The maximum atomic E-state index is 12.4. The first-order chi connectivity index (χ1) is 8.05. The predicted molar refractivity (Wildman–Crippen MR) is 70.6 cm³/mol. The molecule has 0 amide bonds. The predicted octanol–water partition coefficient (Wildman–Crippen LogP) is 1.90. The maximum absolute atomic E-state index is 12.4. The summed E-state index contributed by atoms with van der Waals surface area (Å²) in [5.41, 5.74) is 0. The highest BCUT2D eigenvalue weighted by atomic mass is 79.9. The number of aliphatic hydroxyl groups is 1. The number of thiophene rings is 1. The van der Waals surface area contributed by atoms with Crippen molar-refractivity contribution < 1.29 is 13.5 Å². The number of rotatable bonds is 3. The van der Waals surface area contributed by atoms with Gasteiger partial charge in [0.05, 0.1) is 0 Å². The minimum atomic E-state index is -3.40. The molecular formula is C10H14BrNO3S2. The molecule has 0 aliphatic carbocycles. The van der Waals surface area contributed by atoms with Crippen molar-refractivity contribution in [3.63, 3.8) is 0 Å². The largest absolute Gasteiger partial charge is 0.396 e. The van der Waals surface area contributed by atoms with E-state index in [1.54, 1.807) is 11.4 Å². The summed E-state index contributed by atoms with van der Waals surface area (Å²) in [4.78, 5) is 0. The Hall–Kier alpha value is 0.0500. The quantitative estimate of drug-likeness (QED) is 0.914. The lowest BCUT2D eigenvalue weighted by molar-refractivity contribution is 0.165. The Balaban J connectivity index is 2.24. The van der Waals surface area contributed by atoms with E-state index in [2.05, 4.69) is 15.9 Å². The number of sulfonamides is 1. The molecule has 1 saturated heterocycles. The second-order valence-electron chi connectivity index (χ2n) is 4.11. The molecule has 4 nitrogen and oxygen atoms in total. The Morgan fingerprint density at radius 1 is 1.59 bits per heavy atom. The lowest BCUT2D eigenvalue weighted by atomic mass is 10.0. The van der Waals surface area contributed by atoms with Crippen LogP contribution in [0.5, 0.6) is 0 Å². The number of nitrogens with zero attached hydrogens (tertiary/aromatic N) is 1. The van der Waals surface area contributed by atoms with Gasteiger partial charge in [-0.05, 0) is 46.1 Å². The summed E-state index contributed by atoms with van der Waals surface area (Å²) < 4.78 is 27.2. The molecule has 1 fully saturated rings. The minimum Gasteiger partial charge on any atom is -0.396 e. The molecule has 0 spiro atoms. The van der Waals surface area contributed by atoms with E-state index in [1.165, 1.54) is 15.6 Å². The highest BCUT2D eigenvalue weighted by Crippen LogP contribution is 2.32. The van der Waals surface area contributed by atoms with Crippen LogP contribution in [0.4, 0.5) is 0 Å². The van der Waals surface area contributed by atoms with E-state index in [1.807, 2.05) is 0 Å². The summed E-state index contributed by atoms with van der Waals surface area (Å²) in [6, 6.07) is 1.74. The molecule has 1 N–H and O–H groups in total. The van der Waals surface area contributed by atoms with Crippen LogP contribution in [0.15, 0.2) is 20.1 Å². The van der Waals surface area contributed by atoms with Crippen LogP contribution >= 0.6 is 27.3 Å². The summed E-state index contributed by atoms with van der Waals surface area (Å²) in [5, 5.41) is 10.9. The first-order valence-corrected chi connectivity index (χ1v) is 8.51. The van der Waals surface area contributed by atoms with E-state index in [9.17, 15) is 8.42 Å². The minimum absolute atomic E-state index is 0.0532. The Morgan fingerprint density at radius 2 is 2.35 bits per heavy atom. The monoisotopic (exact) mass is 339 g/mol. The third kappa shape index (κ3) is 2.73. The van der Waals surface area contributed by atoms with Crippen molar-refractivity contribution in [3.8, 4) is 0 Å². The summed E-state index contributed by atoms with van der Waals surface area (Å²) >= 11 is 4.48. The molecule has 7 heteroatoms. The standard InChI is InChI=1S/C10H14BrNO3S2/c11-9-3-5-16-10(9)17(14,15)12-4-1-2-8(6-12)7-13/h3,5,8,13H,1-2,4,6-7H2. The van der Waals surface area contributed by atoms with Crippen molar-refractivity contribution in [1.29, 1.82) is 0 Å². The average Bonchev–Trinajstić information content (AvgIpc) is 2.76. The molecule has 96 valence electrons. The number of piperidine rings is 1. The molecule has 0 bridgehead atoms. The van der Waals surface area contributed by atoms with Gasteiger partial charge in [0.25, 0.3) is 10.0 Å². The lowest BCUT2D eigenvalue weighted by Gasteiger charge is -2.30. The third-order valence-electron chi connectivity index (χ3n) is 2.90. The molecular weight excluding hydrogens is 326 g/mol. The van der Waals surface area contributed by atoms with Crippen molar-refractivity contribution in [2.75, 3.05) is 19.7 Å². The van der Waals surface area contributed by atoms with Gasteiger partial charge >= 0.3 is 0 Å². The van der Waals surface area contributed by atoms with Crippen LogP contribution in [0.25, 0.3) is 0 Å². The van der Waals surface area contributed by atoms with E-state index < -0.39 is 10.0 Å². The number of aliphatic hydroxyl groups excluding tert-OH is 1. The van der Waals surface area contributed by atoms with Crippen molar-refractivity contribution in [2.24, 2.45) is 5.92 Å². The zero-order chi connectivity index (χ0) is 12.5. The van der Waals surface area contributed by atoms with Crippen molar-refractivity contribution >= 4 is 37.3 Å². The van der Waals surface area contributed by atoms with Gasteiger partial charge < -0.3 is 5.11 Å². The molecule has 1 unspecified atom stereocenters. The molecule has 0 radical (unpaired) electrons. The first-order valence-electron chi connectivity index (χ1n) is 5.39. The van der Waals surface area contributed by atoms with Crippen LogP contribution in [-0.4, -0.2) is 37.5 Å². The normalized spacial score (nSPS) is 22.8. The van der Waals surface area contributed by atoms with E-state index >= 15 is 0 Å². The molecule has 1 aromatic heterocycles. The second kappa shape index (κ2) is 5.36. The van der Waals surface area contributed by atoms with Gasteiger partial charge in [0.1, 0.15) is 4.21 Å². The summed E-state index contributed by atoms with van der Waals surface area (Å²) in [6.07, 6.45) is 1.71. The molecule has 1 aliphatic rings. The number of halogens is 1. The van der Waals surface area contributed by atoms with Crippen LogP contribution in [0, 0.1) is 5.92 Å². The van der Waals surface area contributed by atoms with E-state index in [0.717, 1.165) is 12.8 Å². The molecule has 2 rings (SSSR count). The Morgan fingerprint density at radius 3 is 2.94 bits per heavy atom. The number of hydrogen-bond donors (Lipinski definition) is 1. The van der Waals surface area contributed by atoms with Gasteiger partial charge in [0, 0.05) is 24.2 Å². The lowest BCUT2D eigenvalue weighted by Crippen LogP contribution is -2.40. The Kier molecular flexibility index (Phi) is 4.25. The van der Waals surface area contributed by atoms with Crippen LogP contribution < -0.4 is 0 Å². The molecule has 1 atom stereocenters. The first kappa shape index (κ1) is 13.5. The van der Waals surface area contributed by atoms with E-state index in [-0.39, 0.29) is 12.5 Å².